The minimum atomic E-state index is -4.45. The van der Waals surface area contributed by atoms with Crippen molar-refractivity contribution in [2.75, 3.05) is 13.1 Å². The first kappa shape index (κ1) is 18.7. The molecule has 1 aliphatic heterocycles. The summed E-state index contributed by atoms with van der Waals surface area (Å²) in [6.45, 7) is 0.959. The van der Waals surface area contributed by atoms with Crippen LogP contribution in [0.1, 0.15) is 40.5 Å². The number of rotatable bonds is 2. The number of hydrogen-bond acceptors (Lipinski definition) is 3. The topological polar surface area (TPSA) is 50.5 Å². The molecule has 4 rings (SSSR count). The predicted octanol–water partition coefficient (Wildman–Crippen LogP) is 4.42. The Bertz CT molecular complexity index is 1020. The summed E-state index contributed by atoms with van der Waals surface area (Å²) < 4.78 is 40.6. The molecular weight excluding hydrogens is 393 g/mol. The lowest BCUT2D eigenvalue weighted by atomic mass is 9.96. The number of fused-ring (bicyclic) bond motifs is 1. The monoisotopic (exact) mass is 408 g/mol. The molecule has 0 bridgehead atoms. The van der Waals surface area contributed by atoms with Gasteiger partial charge in [0, 0.05) is 35.8 Å². The standard InChI is InChI=1S/C19H16ClF3N4O/c20-15-6-3-12(4-7-15)18(28)26-9-1-2-13(10-26)17-25-24-16-8-5-14(11-27(16)17)19(21,22)23/h3-8,11,13H,1-2,9-10H2. The van der Waals surface area contributed by atoms with Crippen LogP contribution in [-0.4, -0.2) is 38.5 Å². The fourth-order valence-corrected chi connectivity index (χ4v) is 3.63. The molecule has 3 heterocycles. The molecule has 9 heteroatoms. The third-order valence-electron chi connectivity index (χ3n) is 4.92. The Kier molecular flexibility index (Phi) is 4.74. The average molecular weight is 409 g/mol. The van der Waals surface area contributed by atoms with E-state index < -0.39 is 11.7 Å². The number of carbonyl (C=O) groups is 1. The predicted molar refractivity (Wildman–Crippen MR) is 97.3 cm³/mol. The van der Waals surface area contributed by atoms with Crippen molar-refractivity contribution in [2.24, 2.45) is 0 Å². The zero-order valence-electron chi connectivity index (χ0n) is 14.7. The number of nitrogens with zero attached hydrogens (tertiary/aromatic N) is 4. The van der Waals surface area contributed by atoms with Crippen LogP contribution in [0.2, 0.25) is 5.02 Å². The fraction of sp³-hybridized carbons (Fsp3) is 0.316. The third kappa shape index (κ3) is 3.56. The molecule has 1 fully saturated rings. The molecule has 0 spiro atoms. The number of amides is 1. The molecule has 0 radical (unpaired) electrons. The molecule has 1 amide bonds. The molecule has 5 nitrogen and oxygen atoms in total. The Morgan fingerprint density at radius 2 is 1.86 bits per heavy atom. The largest absolute Gasteiger partial charge is 0.417 e. The van der Waals surface area contributed by atoms with E-state index in [0.717, 1.165) is 25.1 Å². The van der Waals surface area contributed by atoms with E-state index in [1.807, 2.05) is 0 Å². The lowest BCUT2D eigenvalue weighted by Crippen LogP contribution is -2.39. The first-order valence-corrected chi connectivity index (χ1v) is 9.17. The molecule has 0 aliphatic carbocycles. The molecule has 1 unspecified atom stereocenters. The van der Waals surface area contributed by atoms with Crippen molar-refractivity contribution >= 4 is 23.2 Å². The van der Waals surface area contributed by atoms with E-state index >= 15 is 0 Å². The second kappa shape index (κ2) is 7.09. The number of piperidine rings is 1. The van der Waals surface area contributed by atoms with E-state index in [0.29, 0.717) is 35.1 Å². The highest BCUT2D eigenvalue weighted by Crippen LogP contribution is 2.31. The first-order chi connectivity index (χ1) is 13.3. The van der Waals surface area contributed by atoms with Crippen LogP contribution in [0.3, 0.4) is 0 Å². The lowest BCUT2D eigenvalue weighted by molar-refractivity contribution is -0.137. The van der Waals surface area contributed by atoms with Crippen molar-refractivity contribution in [3.05, 3.63) is 64.6 Å². The molecule has 1 aromatic carbocycles. The second-order valence-electron chi connectivity index (χ2n) is 6.80. The Hall–Kier alpha value is -2.61. The summed E-state index contributed by atoms with van der Waals surface area (Å²) in [6.07, 6.45) is -1.97. The van der Waals surface area contributed by atoms with Gasteiger partial charge in [-0.2, -0.15) is 13.2 Å². The minimum Gasteiger partial charge on any atom is -0.338 e. The van der Waals surface area contributed by atoms with E-state index in [9.17, 15) is 18.0 Å². The first-order valence-electron chi connectivity index (χ1n) is 8.79. The SMILES string of the molecule is O=C(c1ccc(Cl)cc1)N1CCCC(c2nnc3ccc(C(F)(F)F)cn23)C1. The molecule has 3 aromatic rings. The molecule has 146 valence electrons. The van der Waals surface area contributed by atoms with Crippen molar-refractivity contribution in [3.8, 4) is 0 Å². The van der Waals surface area contributed by atoms with Crippen LogP contribution in [0.25, 0.3) is 5.65 Å². The number of alkyl halides is 3. The Morgan fingerprint density at radius 1 is 1.11 bits per heavy atom. The number of halogens is 4. The van der Waals surface area contributed by atoms with Crippen LogP contribution in [0, 0.1) is 0 Å². The Labute approximate surface area is 163 Å². The van der Waals surface area contributed by atoms with Gasteiger partial charge >= 0.3 is 6.18 Å². The summed E-state index contributed by atoms with van der Waals surface area (Å²) in [7, 11) is 0. The number of hydrogen-bond donors (Lipinski definition) is 0. The van der Waals surface area contributed by atoms with Gasteiger partial charge < -0.3 is 4.90 Å². The van der Waals surface area contributed by atoms with Crippen LogP contribution >= 0.6 is 11.6 Å². The number of likely N-dealkylation sites (tertiary alicyclic amines) is 1. The van der Waals surface area contributed by atoms with Crippen molar-refractivity contribution in [1.29, 1.82) is 0 Å². The zero-order chi connectivity index (χ0) is 19.9. The highest BCUT2D eigenvalue weighted by molar-refractivity contribution is 6.30. The minimum absolute atomic E-state index is 0.133. The highest BCUT2D eigenvalue weighted by Gasteiger charge is 2.33. The van der Waals surface area contributed by atoms with Gasteiger partial charge in [0.25, 0.3) is 5.91 Å². The van der Waals surface area contributed by atoms with E-state index in [2.05, 4.69) is 10.2 Å². The maximum atomic E-state index is 13.1. The van der Waals surface area contributed by atoms with Crippen LogP contribution < -0.4 is 0 Å². The van der Waals surface area contributed by atoms with E-state index in [-0.39, 0.29) is 11.8 Å². The van der Waals surface area contributed by atoms with E-state index in [4.69, 9.17) is 11.6 Å². The number of carbonyl (C=O) groups excluding carboxylic acids is 1. The zero-order valence-corrected chi connectivity index (χ0v) is 15.4. The van der Waals surface area contributed by atoms with Gasteiger partial charge in [0.15, 0.2) is 5.65 Å². The fourth-order valence-electron chi connectivity index (χ4n) is 3.50. The number of benzene rings is 1. The molecule has 1 aliphatic rings. The van der Waals surface area contributed by atoms with Gasteiger partial charge in [-0.1, -0.05) is 11.6 Å². The van der Waals surface area contributed by atoms with Crippen molar-refractivity contribution in [3.63, 3.8) is 0 Å². The summed E-state index contributed by atoms with van der Waals surface area (Å²) in [6, 6.07) is 8.93. The second-order valence-corrected chi connectivity index (χ2v) is 7.24. The van der Waals surface area contributed by atoms with Crippen molar-refractivity contribution in [1.82, 2.24) is 19.5 Å². The molecular formula is C19H16ClF3N4O. The third-order valence-corrected chi connectivity index (χ3v) is 5.17. The molecule has 28 heavy (non-hydrogen) atoms. The van der Waals surface area contributed by atoms with Gasteiger partial charge in [0.1, 0.15) is 5.82 Å². The van der Waals surface area contributed by atoms with Crippen LogP contribution in [0.5, 0.6) is 0 Å². The van der Waals surface area contributed by atoms with Gasteiger partial charge in [-0.25, -0.2) is 0 Å². The van der Waals surface area contributed by atoms with Crippen LogP contribution in [-0.2, 0) is 6.18 Å². The molecule has 0 N–H and O–H groups in total. The Balaban J connectivity index is 1.61. The van der Waals surface area contributed by atoms with Crippen molar-refractivity contribution in [2.45, 2.75) is 24.9 Å². The van der Waals surface area contributed by atoms with Crippen LogP contribution in [0.15, 0.2) is 42.6 Å². The van der Waals surface area contributed by atoms with Crippen molar-refractivity contribution < 1.29 is 18.0 Å². The maximum absolute atomic E-state index is 13.1. The number of pyridine rings is 1. The summed E-state index contributed by atoms with van der Waals surface area (Å²) in [5.41, 5.74) is 0.116. The van der Waals surface area contributed by atoms with E-state index in [1.165, 1.54) is 10.5 Å². The van der Waals surface area contributed by atoms with Gasteiger partial charge in [-0.3, -0.25) is 9.20 Å². The van der Waals surface area contributed by atoms with E-state index in [1.54, 1.807) is 29.2 Å². The smallest absolute Gasteiger partial charge is 0.338 e. The average Bonchev–Trinajstić information content (AvgIpc) is 3.11. The van der Waals surface area contributed by atoms with Crippen LogP contribution in [0.4, 0.5) is 13.2 Å². The summed E-state index contributed by atoms with van der Waals surface area (Å²) in [5, 5.41) is 8.64. The van der Waals surface area contributed by atoms with Gasteiger partial charge in [-0.05, 0) is 49.2 Å². The van der Waals surface area contributed by atoms with Gasteiger partial charge in [0.05, 0.1) is 5.56 Å². The molecule has 1 saturated heterocycles. The normalized spacial score (nSPS) is 17.9. The Morgan fingerprint density at radius 3 is 2.57 bits per heavy atom. The highest BCUT2D eigenvalue weighted by atomic mass is 35.5. The summed E-state index contributed by atoms with van der Waals surface area (Å²) >= 11 is 5.87. The van der Waals surface area contributed by atoms with Gasteiger partial charge in [0.2, 0.25) is 0 Å². The molecule has 1 atom stereocenters. The lowest BCUT2D eigenvalue weighted by Gasteiger charge is -2.32. The summed E-state index contributed by atoms with van der Waals surface area (Å²) in [5.74, 6) is 0.115. The molecule has 2 aromatic heterocycles. The number of aromatic nitrogens is 3. The summed E-state index contributed by atoms with van der Waals surface area (Å²) in [4.78, 5) is 14.5. The maximum Gasteiger partial charge on any atom is 0.417 e. The quantitative estimate of drug-likeness (QED) is 0.630. The van der Waals surface area contributed by atoms with Gasteiger partial charge in [-0.15, -0.1) is 10.2 Å². The molecule has 0 saturated carbocycles.